The molecule has 0 saturated carbocycles. The lowest BCUT2D eigenvalue weighted by atomic mass is 9.95. The van der Waals surface area contributed by atoms with Crippen molar-refractivity contribution in [1.29, 1.82) is 0 Å². The number of anilines is 1. The average Bonchev–Trinajstić information content (AvgIpc) is 2.55. The minimum atomic E-state index is 0. The molecule has 2 aliphatic rings. The number of hydrogen-bond acceptors (Lipinski definition) is 3. The lowest BCUT2D eigenvalue weighted by Crippen LogP contribution is -2.46. The lowest BCUT2D eigenvalue weighted by Gasteiger charge is -2.35. The number of nitrogens with two attached hydrogens (primary N) is 1. The molecule has 2 aliphatic heterocycles. The summed E-state index contributed by atoms with van der Waals surface area (Å²) >= 11 is 0. The summed E-state index contributed by atoms with van der Waals surface area (Å²) < 4.78 is 0. The zero-order chi connectivity index (χ0) is 15.4. The standard InChI is InChI=1S/C18H27N3O.ClH/c19-10-9-15-5-3-11-20(13-15)14-18(22)21-12-4-7-16-6-1-2-8-17(16)21;/h1-2,6,8,15H,3-5,7,9-14,19H2;1H. The normalized spacial score (nSPS) is 21.4. The molecule has 0 bridgehead atoms. The van der Waals surface area contributed by atoms with Crippen LogP contribution in [0.1, 0.15) is 31.2 Å². The summed E-state index contributed by atoms with van der Waals surface area (Å²) in [4.78, 5) is 17.1. The molecule has 0 aromatic heterocycles. The van der Waals surface area contributed by atoms with Crippen LogP contribution in [0.4, 0.5) is 5.69 Å². The molecule has 1 fully saturated rings. The molecule has 2 N–H and O–H groups in total. The van der Waals surface area contributed by atoms with Gasteiger partial charge in [-0.25, -0.2) is 0 Å². The second-order valence-corrected chi connectivity index (χ2v) is 6.60. The van der Waals surface area contributed by atoms with Crippen molar-refractivity contribution in [3.8, 4) is 0 Å². The van der Waals surface area contributed by atoms with Gasteiger partial charge >= 0.3 is 0 Å². The number of nitrogens with zero attached hydrogens (tertiary/aromatic N) is 2. The maximum atomic E-state index is 12.8. The summed E-state index contributed by atoms with van der Waals surface area (Å²) in [5.74, 6) is 0.917. The van der Waals surface area contributed by atoms with E-state index in [4.69, 9.17) is 5.73 Å². The van der Waals surface area contributed by atoms with Gasteiger partial charge in [-0.2, -0.15) is 0 Å². The fourth-order valence-electron chi connectivity index (χ4n) is 3.84. The number of piperidine rings is 1. The Bertz CT molecular complexity index is 521. The van der Waals surface area contributed by atoms with Crippen LogP contribution in [0, 0.1) is 5.92 Å². The van der Waals surface area contributed by atoms with Crippen molar-refractivity contribution in [1.82, 2.24) is 4.90 Å². The van der Waals surface area contributed by atoms with Crippen molar-refractivity contribution in [3.63, 3.8) is 0 Å². The fraction of sp³-hybridized carbons (Fsp3) is 0.611. The van der Waals surface area contributed by atoms with Crippen LogP contribution in [0.2, 0.25) is 0 Å². The average molecular weight is 338 g/mol. The van der Waals surface area contributed by atoms with Gasteiger partial charge in [-0.05, 0) is 62.7 Å². The Morgan fingerprint density at radius 1 is 1.22 bits per heavy atom. The van der Waals surface area contributed by atoms with Crippen LogP contribution in [0.25, 0.3) is 0 Å². The Kier molecular flexibility index (Phi) is 6.88. The van der Waals surface area contributed by atoms with E-state index >= 15 is 0 Å². The van der Waals surface area contributed by atoms with E-state index in [9.17, 15) is 4.79 Å². The van der Waals surface area contributed by atoms with E-state index in [0.29, 0.717) is 12.5 Å². The molecule has 0 spiro atoms. The van der Waals surface area contributed by atoms with Crippen LogP contribution in [0.15, 0.2) is 24.3 Å². The number of fused-ring (bicyclic) bond motifs is 1. The predicted octanol–water partition coefficient (Wildman–Crippen LogP) is 2.45. The maximum absolute atomic E-state index is 12.8. The topological polar surface area (TPSA) is 49.6 Å². The highest BCUT2D eigenvalue weighted by atomic mass is 35.5. The molecule has 5 heteroatoms. The first-order valence-corrected chi connectivity index (χ1v) is 8.58. The summed E-state index contributed by atoms with van der Waals surface area (Å²) in [7, 11) is 0. The van der Waals surface area contributed by atoms with Crippen molar-refractivity contribution >= 4 is 24.0 Å². The first kappa shape index (κ1) is 18.2. The number of rotatable bonds is 4. The molecule has 128 valence electrons. The van der Waals surface area contributed by atoms with Gasteiger partial charge in [0.15, 0.2) is 0 Å². The number of halogens is 1. The van der Waals surface area contributed by atoms with Gasteiger partial charge in [0.25, 0.3) is 0 Å². The molecule has 1 aromatic rings. The van der Waals surface area contributed by atoms with Gasteiger partial charge < -0.3 is 10.6 Å². The largest absolute Gasteiger partial charge is 0.330 e. The lowest BCUT2D eigenvalue weighted by molar-refractivity contribution is -0.120. The molecule has 3 rings (SSSR count). The third-order valence-corrected chi connectivity index (χ3v) is 4.95. The molecular weight excluding hydrogens is 310 g/mol. The second kappa shape index (κ2) is 8.67. The first-order chi connectivity index (χ1) is 10.8. The van der Waals surface area contributed by atoms with E-state index in [1.165, 1.54) is 18.4 Å². The molecule has 0 aliphatic carbocycles. The number of benzene rings is 1. The van der Waals surface area contributed by atoms with Gasteiger partial charge in [-0.15, -0.1) is 12.4 Å². The molecule has 1 unspecified atom stereocenters. The maximum Gasteiger partial charge on any atom is 0.241 e. The number of carbonyl (C=O) groups is 1. The highest BCUT2D eigenvalue weighted by Crippen LogP contribution is 2.27. The van der Waals surface area contributed by atoms with Crippen LogP contribution in [0.5, 0.6) is 0 Å². The molecule has 0 radical (unpaired) electrons. The Hall–Kier alpha value is -1.10. The third kappa shape index (κ3) is 4.46. The van der Waals surface area contributed by atoms with E-state index in [2.05, 4.69) is 23.1 Å². The quantitative estimate of drug-likeness (QED) is 0.918. The molecule has 2 heterocycles. The monoisotopic (exact) mass is 337 g/mol. The highest BCUT2D eigenvalue weighted by Gasteiger charge is 2.26. The van der Waals surface area contributed by atoms with Crippen molar-refractivity contribution in [2.45, 2.75) is 32.1 Å². The zero-order valence-corrected chi connectivity index (χ0v) is 14.6. The van der Waals surface area contributed by atoms with Crippen LogP contribution >= 0.6 is 12.4 Å². The Morgan fingerprint density at radius 2 is 2.04 bits per heavy atom. The van der Waals surface area contributed by atoms with E-state index in [1.807, 2.05) is 11.0 Å². The van der Waals surface area contributed by atoms with Gasteiger partial charge in [-0.1, -0.05) is 18.2 Å². The Morgan fingerprint density at radius 3 is 2.87 bits per heavy atom. The number of carbonyl (C=O) groups excluding carboxylic acids is 1. The van der Waals surface area contributed by atoms with Gasteiger partial charge in [0.2, 0.25) is 5.91 Å². The Balaban J connectivity index is 0.00000192. The fourth-order valence-corrected chi connectivity index (χ4v) is 3.84. The number of hydrogen-bond donors (Lipinski definition) is 1. The zero-order valence-electron chi connectivity index (χ0n) is 13.7. The van der Waals surface area contributed by atoms with E-state index in [1.54, 1.807) is 0 Å². The highest BCUT2D eigenvalue weighted by molar-refractivity contribution is 5.95. The van der Waals surface area contributed by atoms with Gasteiger partial charge in [0.1, 0.15) is 0 Å². The van der Waals surface area contributed by atoms with Gasteiger partial charge in [0.05, 0.1) is 6.54 Å². The Labute approximate surface area is 145 Å². The molecule has 1 atom stereocenters. The third-order valence-electron chi connectivity index (χ3n) is 4.95. The van der Waals surface area contributed by atoms with E-state index in [-0.39, 0.29) is 18.3 Å². The molecule has 4 nitrogen and oxygen atoms in total. The molecule has 1 saturated heterocycles. The van der Waals surface area contributed by atoms with Gasteiger partial charge in [0, 0.05) is 18.8 Å². The van der Waals surface area contributed by atoms with Crippen molar-refractivity contribution < 1.29 is 4.79 Å². The van der Waals surface area contributed by atoms with E-state index < -0.39 is 0 Å². The van der Waals surface area contributed by atoms with Crippen LogP contribution in [0.3, 0.4) is 0 Å². The van der Waals surface area contributed by atoms with Gasteiger partial charge in [-0.3, -0.25) is 9.69 Å². The number of aryl methyl sites for hydroxylation is 1. The summed E-state index contributed by atoms with van der Waals surface area (Å²) in [6.07, 6.45) is 5.68. The van der Waals surface area contributed by atoms with Crippen molar-refractivity contribution in [2.24, 2.45) is 11.7 Å². The number of amides is 1. The minimum Gasteiger partial charge on any atom is -0.330 e. The van der Waals surface area contributed by atoms with Crippen LogP contribution in [-0.2, 0) is 11.2 Å². The molecular formula is C18H28ClN3O. The SMILES string of the molecule is Cl.NCCC1CCCN(CC(=O)N2CCCc3ccccc32)C1. The molecule has 23 heavy (non-hydrogen) atoms. The number of likely N-dealkylation sites (tertiary alicyclic amines) is 1. The van der Waals surface area contributed by atoms with E-state index in [0.717, 1.165) is 51.1 Å². The van der Waals surface area contributed by atoms with Crippen LogP contribution < -0.4 is 10.6 Å². The number of para-hydroxylation sites is 1. The summed E-state index contributed by atoms with van der Waals surface area (Å²) in [6, 6.07) is 8.32. The van der Waals surface area contributed by atoms with Crippen molar-refractivity contribution in [2.75, 3.05) is 37.6 Å². The predicted molar refractivity (Wildman–Crippen MR) is 97.2 cm³/mol. The smallest absolute Gasteiger partial charge is 0.241 e. The first-order valence-electron chi connectivity index (χ1n) is 8.58. The summed E-state index contributed by atoms with van der Waals surface area (Å²) in [6.45, 7) is 4.23. The summed E-state index contributed by atoms with van der Waals surface area (Å²) in [5.41, 5.74) is 8.11. The summed E-state index contributed by atoms with van der Waals surface area (Å²) in [5, 5.41) is 0. The molecule has 1 aromatic carbocycles. The van der Waals surface area contributed by atoms with Crippen LogP contribution in [-0.4, -0.2) is 43.5 Å². The molecule has 1 amide bonds. The minimum absolute atomic E-state index is 0. The second-order valence-electron chi connectivity index (χ2n) is 6.60. The van der Waals surface area contributed by atoms with Crippen molar-refractivity contribution in [3.05, 3.63) is 29.8 Å².